The van der Waals surface area contributed by atoms with Crippen molar-refractivity contribution in [1.29, 1.82) is 0 Å². The van der Waals surface area contributed by atoms with Gasteiger partial charge in [-0.3, -0.25) is 9.59 Å². The number of rotatable bonds is 10. The van der Waals surface area contributed by atoms with Crippen molar-refractivity contribution in [3.63, 3.8) is 0 Å². The summed E-state index contributed by atoms with van der Waals surface area (Å²) in [4.78, 5) is 35.7. The minimum atomic E-state index is -0.893. The second-order valence-corrected chi connectivity index (χ2v) is 10.2. The molecule has 1 aliphatic carbocycles. The van der Waals surface area contributed by atoms with Crippen molar-refractivity contribution >= 4 is 18.0 Å². The Balaban J connectivity index is 1.50. The molecule has 0 fully saturated rings. The molecule has 34 heavy (non-hydrogen) atoms. The first-order valence-electron chi connectivity index (χ1n) is 11.6. The maximum atomic E-state index is 12.6. The van der Waals surface area contributed by atoms with Crippen molar-refractivity contribution in [3.8, 4) is 11.1 Å². The molecule has 0 heterocycles. The average Bonchev–Trinajstić information content (AvgIpc) is 3.08. The largest absolute Gasteiger partial charge is 0.481 e. The van der Waals surface area contributed by atoms with Crippen LogP contribution in [-0.2, 0) is 14.3 Å². The number of benzene rings is 2. The molecule has 0 bridgehead atoms. The van der Waals surface area contributed by atoms with Crippen molar-refractivity contribution in [2.75, 3.05) is 6.61 Å². The fraction of sp³-hybridized carbons (Fsp3) is 0.444. The Bertz CT molecular complexity index is 1010. The van der Waals surface area contributed by atoms with Gasteiger partial charge in [0.2, 0.25) is 5.91 Å². The van der Waals surface area contributed by atoms with Gasteiger partial charge in [-0.15, -0.1) is 0 Å². The summed E-state index contributed by atoms with van der Waals surface area (Å²) in [5.41, 5.74) is 3.38. The zero-order chi connectivity index (χ0) is 24.9. The van der Waals surface area contributed by atoms with E-state index in [0.717, 1.165) is 11.1 Å². The minimum absolute atomic E-state index is 0.0118. The van der Waals surface area contributed by atoms with E-state index >= 15 is 0 Å². The molecule has 0 unspecified atom stereocenters. The Morgan fingerprint density at radius 1 is 0.824 bits per heavy atom. The van der Waals surface area contributed by atoms with Gasteiger partial charge in [-0.1, -0.05) is 48.5 Å². The highest BCUT2D eigenvalue weighted by atomic mass is 16.5. The van der Waals surface area contributed by atoms with Crippen LogP contribution in [0.1, 0.15) is 70.4 Å². The van der Waals surface area contributed by atoms with Gasteiger partial charge >= 0.3 is 12.1 Å². The normalized spacial score (nSPS) is 13.1. The molecule has 7 nitrogen and oxygen atoms in total. The van der Waals surface area contributed by atoms with Crippen LogP contribution in [-0.4, -0.2) is 40.8 Å². The number of fused-ring (bicyclic) bond motifs is 3. The molecule has 0 radical (unpaired) electrons. The summed E-state index contributed by atoms with van der Waals surface area (Å²) >= 11 is 0. The average molecular weight is 467 g/mol. The van der Waals surface area contributed by atoms with Gasteiger partial charge in [-0.05, 0) is 62.8 Å². The van der Waals surface area contributed by atoms with E-state index in [0.29, 0.717) is 12.8 Å². The Labute approximate surface area is 200 Å². The topological polar surface area (TPSA) is 105 Å². The van der Waals surface area contributed by atoms with Crippen LogP contribution in [0.2, 0.25) is 0 Å². The van der Waals surface area contributed by atoms with Crippen LogP contribution in [0, 0.1) is 0 Å². The van der Waals surface area contributed by atoms with Gasteiger partial charge in [0.1, 0.15) is 6.61 Å². The fourth-order valence-corrected chi connectivity index (χ4v) is 4.32. The zero-order valence-electron chi connectivity index (χ0n) is 20.3. The van der Waals surface area contributed by atoms with Crippen LogP contribution in [0.25, 0.3) is 11.1 Å². The van der Waals surface area contributed by atoms with Gasteiger partial charge in [0, 0.05) is 29.8 Å². The number of carboxylic acids is 1. The standard InChI is InChI=1S/C27H34N2O5/c1-26(2,16-14-24(31)32)28-23(30)13-15-27(3,4)29-25(33)34-17-22-20-11-7-5-9-18(20)19-10-6-8-12-21(19)22/h5-12,22H,13-17H2,1-4H3,(H,28,30)(H,29,33)(H,31,32). The zero-order valence-corrected chi connectivity index (χ0v) is 20.3. The number of ether oxygens (including phenoxy) is 1. The lowest BCUT2D eigenvalue weighted by atomic mass is 9.95. The van der Waals surface area contributed by atoms with Crippen molar-refractivity contribution in [2.45, 2.75) is 70.4 Å². The number of alkyl carbamates (subject to hydrolysis) is 1. The third-order valence-corrected chi connectivity index (χ3v) is 6.20. The molecule has 2 amide bonds. The number of carbonyl (C=O) groups excluding carboxylic acids is 2. The lowest BCUT2D eigenvalue weighted by Crippen LogP contribution is -2.47. The van der Waals surface area contributed by atoms with E-state index in [2.05, 4.69) is 34.9 Å². The molecule has 0 atom stereocenters. The summed E-state index contributed by atoms with van der Waals surface area (Å²) in [6.07, 6.45) is 0.428. The monoisotopic (exact) mass is 466 g/mol. The van der Waals surface area contributed by atoms with Crippen molar-refractivity contribution < 1.29 is 24.2 Å². The van der Waals surface area contributed by atoms with Crippen LogP contribution in [0.3, 0.4) is 0 Å². The van der Waals surface area contributed by atoms with E-state index in [1.54, 1.807) is 13.8 Å². The number of nitrogens with one attached hydrogen (secondary N) is 2. The Morgan fingerprint density at radius 2 is 1.32 bits per heavy atom. The lowest BCUT2D eigenvalue weighted by Gasteiger charge is -2.28. The number of carboxylic acid groups (broad SMARTS) is 1. The summed E-state index contributed by atoms with van der Waals surface area (Å²) in [6, 6.07) is 16.3. The molecular formula is C27H34N2O5. The second kappa shape index (κ2) is 10.3. The first-order chi connectivity index (χ1) is 16.0. The molecule has 2 aromatic rings. The maximum absolute atomic E-state index is 12.6. The van der Waals surface area contributed by atoms with Crippen LogP contribution in [0.4, 0.5) is 4.79 Å². The molecule has 0 aromatic heterocycles. The molecule has 182 valence electrons. The van der Waals surface area contributed by atoms with E-state index in [1.165, 1.54) is 11.1 Å². The SMILES string of the molecule is CC(C)(CCC(=O)O)NC(=O)CCC(C)(C)NC(=O)OCC1c2ccccc2-c2ccccc21. The predicted molar refractivity (Wildman–Crippen MR) is 131 cm³/mol. The molecule has 3 rings (SSSR count). The number of aliphatic carboxylic acids is 1. The van der Waals surface area contributed by atoms with E-state index in [1.807, 2.05) is 38.1 Å². The van der Waals surface area contributed by atoms with Crippen LogP contribution >= 0.6 is 0 Å². The van der Waals surface area contributed by atoms with E-state index in [-0.39, 0.29) is 31.3 Å². The molecule has 0 spiro atoms. The predicted octanol–water partition coefficient (Wildman–Crippen LogP) is 4.84. The Kier molecular flexibility index (Phi) is 7.64. The van der Waals surface area contributed by atoms with Gasteiger partial charge in [0.05, 0.1) is 0 Å². The van der Waals surface area contributed by atoms with Gasteiger partial charge in [-0.25, -0.2) is 4.79 Å². The summed E-state index contributed by atoms with van der Waals surface area (Å²) in [5, 5.41) is 14.6. The van der Waals surface area contributed by atoms with Crippen LogP contribution in [0.5, 0.6) is 0 Å². The molecule has 0 saturated heterocycles. The molecule has 7 heteroatoms. The van der Waals surface area contributed by atoms with E-state index in [4.69, 9.17) is 9.84 Å². The Hall–Kier alpha value is -3.35. The summed E-state index contributed by atoms with van der Waals surface area (Å²) in [7, 11) is 0. The first kappa shape index (κ1) is 25.3. The Morgan fingerprint density at radius 3 is 1.88 bits per heavy atom. The number of hydrogen-bond acceptors (Lipinski definition) is 4. The molecule has 2 aromatic carbocycles. The fourth-order valence-electron chi connectivity index (χ4n) is 4.32. The molecule has 3 N–H and O–H groups in total. The molecule has 0 saturated carbocycles. The summed E-state index contributed by atoms with van der Waals surface area (Å²) in [5.74, 6) is -1.09. The number of carbonyl (C=O) groups is 3. The van der Waals surface area contributed by atoms with Gasteiger partial charge in [0.15, 0.2) is 0 Å². The van der Waals surface area contributed by atoms with Gasteiger partial charge in [0.25, 0.3) is 0 Å². The third-order valence-electron chi connectivity index (χ3n) is 6.20. The second-order valence-electron chi connectivity index (χ2n) is 10.2. The first-order valence-corrected chi connectivity index (χ1v) is 11.6. The van der Waals surface area contributed by atoms with Gasteiger partial charge in [-0.2, -0.15) is 0 Å². The minimum Gasteiger partial charge on any atom is -0.481 e. The van der Waals surface area contributed by atoms with Gasteiger partial charge < -0.3 is 20.5 Å². The third kappa shape index (κ3) is 6.59. The summed E-state index contributed by atoms with van der Waals surface area (Å²) < 4.78 is 5.61. The van der Waals surface area contributed by atoms with E-state index in [9.17, 15) is 14.4 Å². The number of hydrogen-bond donors (Lipinski definition) is 3. The van der Waals surface area contributed by atoms with Crippen molar-refractivity contribution in [2.24, 2.45) is 0 Å². The van der Waals surface area contributed by atoms with E-state index < -0.39 is 23.1 Å². The molecular weight excluding hydrogens is 432 g/mol. The number of amides is 2. The molecule has 1 aliphatic rings. The highest BCUT2D eigenvalue weighted by molar-refractivity contribution is 5.79. The smallest absolute Gasteiger partial charge is 0.407 e. The summed E-state index contributed by atoms with van der Waals surface area (Å²) in [6.45, 7) is 7.52. The maximum Gasteiger partial charge on any atom is 0.407 e. The quantitative estimate of drug-likeness (QED) is 0.465. The van der Waals surface area contributed by atoms with Crippen LogP contribution < -0.4 is 10.6 Å². The molecule has 0 aliphatic heterocycles. The highest BCUT2D eigenvalue weighted by Gasteiger charge is 2.30. The highest BCUT2D eigenvalue weighted by Crippen LogP contribution is 2.44. The lowest BCUT2D eigenvalue weighted by molar-refractivity contribution is -0.137. The van der Waals surface area contributed by atoms with Crippen LogP contribution in [0.15, 0.2) is 48.5 Å². The van der Waals surface area contributed by atoms with Crippen molar-refractivity contribution in [3.05, 3.63) is 59.7 Å². The van der Waals surface area contributed by atoms with Crippen molar-refractivity contribution in [1.82, 2.24) is 10.6 Å².